The molecule has 1 atom stereocenters. The summed E-state index contributed by atoms with van der Waals surface area (Å²) in [5.74, 6) is -1.07. The maximum atomic E-state index is 12.7. The lowest BCUT2D eigenvalue weighted by Gasteiger charge is -2.12. The van der Waals surface area contributed by atoms with Gasteiger partial charge < -0.3 is 10.4 Å². The molecule has 0 aliphatic carbocycles. The number of nitrogens with one attached hydrogen (secondary N) is 1. The van der Waals surface area contributed by atoms with E-state index in [1.807, 2.05) is 6.92 Å². The number of carbonyl (C=O) groups excluding carboxylic acids is 1. The smallest absolute Gasteiger partial charge is 0.270 e. The lowest BCUT2D eigenvalue weighted by molar-refractivity contribution is 0.0930. The lowest BCUT2D eigenvalue weighted by atomic mass is 10.2. The lowest BCUT2D eigenvalue weighted by Crippen LogP contribution is -2.33. The van der Waals surface area contributed by atoms with Crippen molar-refractivity contribution in [3.8, 4) is 0 Å². The molecule has 0 bridgehead atoms. The maximum Gasteiger partial charge on any atom is 0.270 e. The van der Waals surface area contributed by atoms with Gasteiger partial charge >= 0.3 is 0 Å². The molecule has 88 valence electrons. The van der Waals surface area contributed by atoms with E-state index in [1.165, 1.54) is 18.2 Å². The summed E-state index contributed by atoms with van der Waals surface area (Å²) in [6.45, 7) is 1.92. The quantitative estimate of drug-likeness (QED) is 0.739. The number of rotatable bonds is 5. The van der Waals surface area contributed by atoms with Crippen molar-refractivity contribution in [2.24, 2.45) is 0 Å². The fourth-order valence-corrected chi connectivity index (χ4v) is 1.30. The van der Waals surface area contributed by atoms with Crippen LogP contribution in [0, 0.1) is 5.95 Å². The number of nitrogens with zero attached hydrogens (tertiary/aromatic N) is 1. The van der Waals surface area contributed by atoms with E-state index in [1.54, 1.807) is 0 Å². The van der Waals surface area contributed by atoms with Crippen LogP contribution in [0.25, 0.3) is 0 Å². The minimum atomic E-state index is -0.671. The molecule has 0 saturated heterocycles. The van der Waals surface area contributed by atoms with Crippen LogP contribution in [0.1, 0.15) is 30.3 Å². The minimum absolute atomic E-state index is 0.0651. The highest BCUT2D eigenvalue weighted by molar-refractivity contribution is 5.92. The Bertz CT molecular complexity index is 358. The molecule has 5 heteroatoms. The summed E-state index contributed by atoms with van der Waals surface area (Å²) < 4.78 is 12.7. The Labute approximate surface area is 93.5 Å². The highest BCUT2D eigenvalue weighted by Crippen LogP contribution is 2.00. The van der Waals surface area contributed by atoms with Crippen LogP contribution >= 0.6 is 0 Å². The Hall–Kier alpha value is -1.49. The molecule has 2 N–H and O–H groups in total. The van der Waals surface area contributed by atoms with Gasteiger partial charge in [-0.1, -0.05) is 6.07 Å². The summed E-state index contributed by atoms with van der Waals surface area (Å²) in [7, 11) is 0. The van der Waals surface area contributed by atoms with E-state index >= 15 is 0 Å². The zero-order chi connectivity index (χ0) is 12.0. The molecular weight excluding hydrogens is 211 g/mol. The van der Waals surface area contributed by atoms with Crippen LogP contribution in [0.5, 0.6) is 0 Å². The molecule has 0 radical (unpaired) electrons. The first kappa shape index (κ1) is 12.6. The third-order valence-corrected chi connectivity index (χ3v) is 2.12. The third kappa shape index (κ3) is 3.94. The molecule has 1 heterocycles. The summed E-state index contributed by atoms with van der Waals surface area (Å²) in [5, 5.41) is 11.3. The number of aliphatic hydroxyl groups is 1. The van der Waals surface area contributed by atoms with Crippen molar-refractivity contribution in [2.45, 2.75) is 25.8 Å². The van der Waals surface area contributed by atoms with E-state index in [2.05, 4.69) is 10.3 Å². The monoisotopic (exact) mass is 226 g/mol. The standard InChI is InChI=1S/C11H15FN2O2/c1-8(4-3-7-15)13-11(16)9-5-2-6-10(12)14-9/h2,5-6,8,15H,3-4,7H2,1H3,(H,13,16). The Morgan fingerprint density at radius 3 is 3.00 bits per heavy atom. The molecule has 16 heavy (non-hydrogen) atoms. The maximum absolute atomic E-state index is 12.7. The van der Waals surface area contributed by atoms with Gasteiger partial charge in [0.15, 0.2) is 0 Å². The fraction of sp³-hybridized carbons (Fsp3) is 0.455. The molecular formula is C11H15FN2O2. The topological polar surface area (TPSA) is 62.2 Å². The summed E-state index contributed by atoms with van der Waals surface area (Å²) in [4.78, 5) is 15.0. The highest BCUT2D eigenvalue weighted by atomic mass is 19.1. The largest absolute Gasteiger partial charge is 0.396 e. The second-order valence-electron chi connectivity index (χ2n) is 3.59. The number of aromatic nitrogens is 1. The van der Waals surface area contributed by atoms with Gasteiger partial charge in [-0.05, 0) is 31.9 Å². The van der Waals surface area contributed by atoms with Crippen molar-refractivity contribution in [3.63, 3.8) is 0 Å². The number of amides is 1. The Kier molecular flexibility index (Phi) is 4.85. The van der Waals surface area contributed by atoms with Crippen molar-refractivity contribution in [1.29, 1.82) is 0 Å². The molecule has 0 fully saturated rings. The molecule has 1 unspecified atom stereocenters. The predicted molar refractivity (Wildman–Crippen MR) is 57.4 cm³/mol. The molecule has 0 aliphatic rings. The van der Waals surface area contributed by atoms with Gasteiger partial charge in [0.05, 0.1) is 0 Å². The average Bonchev–Trinajstić information content (AvgIpc) is 2.26. The van der Waals surface area contributed by atoms with Crippen LogP contribution in [-0.2, 0) is 0 Å². The summed E-state index contributed by atoms with van der Waals surface area (Å²) in [6, 6.07) is 4.02. The van der Waals surface area contributed by atoms with Crippen LogP contribution in [0.15, 0.2) is 18.2 Å². The minimum Gasteiger partial charge on any atom is -0.396 e. The van der Waals surface area contributed by atoms with Crippen molar-refractivity contribution in [3.05, 3.63) is 29.8 Å². The summed E-state index contributed by atoms with van der Waals surface area (Å²) in [5.41, 5.74) is 0.0656. The summed E-state index contributed by atoms with van der Waals surface area (Å²) >= 11 is 0. The zero-order valence-corrected chi connectivity index (χ0v) is 9.11. The fourth-order valence-electron chi connectivity index (χ4n) is 1.30. The Morgan fingerprint density at radius 1 is 1.62 bits per heavy atom. The normalized spacial score (nSPS) is 12.2. The van der Waals surface area contributed by atoms with Crippen molar-refractivity contribution in [1.82, 2.24) is 10.3 Å². The first-order valence-electron chi connectivity index (χ1n) is 5.17. The number of hydrogen-bond donors (Lipinski definition) is 2. The zero-order valence-electron chi connectivity index (χ0n) is 9.11. The van der Waals surface area contributed by atoms with Gasteiger partial charge in [-0.25, -0.2) is 4.98 Å². The van der Waals surface area contributed by atoms with E-state index in [0.29, 0.717) is 12.8 Å². The van der Waals surface area contributed by atoms with Gasteiger partial charge in [0.2, 0.25) is 5.95 Å². The highest BCUT2D eigenvalue weighted by Gasteiger charge is 2.11. The molecule has 4 nitrogen and oxygen atoms in total. The van der Waals surface area contributed by atoms with Gasteiger partial charge in [0.25, 0.3) is 5.91 Å². The molecule has 0 spiro atoms. The van der Waals surface area contributed by atoms with E-state index in [-0.39, 0.29) is 18.3 Å². The van der Waals surface area contributed by atoms with E-state index < -0.39 is 11.9 Å². The number of halogens is 1. The van der Waals surface area contributed by atoms with Gasteiger partial charge in [-0.2, -0.15) is 4.39 Å². The van der Waals surface area contributed by atoms with Crippen LogP contribution in [0.4, 0.5) is 4.39 Å². The number of carbonyl (C=O) groups is 1. The summed E-state index contributed by atoms with van der Waals surface area (Å²) in [6.07, 6.45) is 1.30. The molecule has 1 aromatic heterocycles. The molecule has 0 saturated carbocycles. The SMILES string of the molecule is CC(CCCO)NC(=O)c1cccc(F)n1. The second kappa shape index (κ2) is 6.17. The Balaban J connectivity index is 2.52. The Morgan fingerprint density at radius 2 is 2.38 bits per heavy atom. The van der Waals surface area contributed by atoms with E-state index in [0.717, 1.165) is 0 Å². The van der Waals surface area contributed by atoms with Crippen LogP contribution < -0.4 is 5.32 Å². The molecule has 0 aromatic carbocycles. The van der Waals surface area contributed by atoms with E-state index in [9.17, 15) is 9.18 Å². The molecule has 0 aliphatic heterocycles. The number of hydrogen-bond acceptors (Lipinski definition) is 3. The van der Waals surface area contributed by atoms with Crippen LogP contribution in [0.2, 0.25) is 0 Å². The van der Waals surface area contributed by atoms with Crippen LogP contribution in [0.3, 0.4) is 0 Å². The van der Waals surface area contributed by atoms with Gasteiger partial charge in [-0.3, -0.25) is 4.79 Å². The van der Waals surface area contributed by atoms with Crippen molar-refractivity contribution < 1.29 is 14.3 Å². The van der Waals surface area contributed by atoms with E-state index in [4.69, 9.17) is 5.11 Å². The predicted octanol–water partition coefficient (Wildman–Crippen LogP) is 1.11. The van der Waals surface area contributed by atoms with Crippen molar-refractivity contribution in [2.75, 3.05) is 6.61 Å². The van der Waals surface area contributed by atoms with Crippen molar-refractivity contribution >= 4 is 5.91 Å². The number of pyridine rings is 1. The average molecular weight is 226 g/mol. The van der Waals surface area contributed by atoms with Gasteiger partial charge in [0, 0.05) is 12.6 Å². The number of aliphatic hydroxyl groups excluding tert-OH is 1. The third-order valence-electron chi connectivity index (χ3n) is 2.12. The first-order valence-corrected chi connectivity index (χ1v) is 5.17. The second-order valence-corrected chi connectivity index (χ2v) is 3.59. The first-order chi connectivity index (χ1) is 7.63. The molecule has 1 rings (SSSR count). The molecule has 1 aromatic rings. The van der Waals surface area contributed by atoms with Gasteiger partial charge in [0.1, 0.15) is 5.69 Å². The van der Waals surface area contributed by atoms with Crippen LogP contribution in [-0.4, -0.2) is 28.6 Å². The van der Waals surface area contributed by atoms with Gasteiger partial charge in [-0.15, -0.1) is 0 Å². The molecule has 1 amide bonds.